The number of benzene rings is 2. The van der Waals surface area contributed by atoms with Crippen molar-refractivity contribution in [1.29, 1.82) is 0 Å². The number of nitrogens with one attached hydrogen (secondary N) is 5. The molecule has 290 valence electrons. The Balaban J connectivity index is 1.55. The summed E-state index contributed by atoms with van der Waals surface area (Å²) < 4.78 is 5.46. The number of rotatable bonds is 20. The van der Waals surface area contributed by atoms with Gasteiger partial charge in [0.05, 0.1) is 43.1 Å². The van der Waals surface area contributed by atoms with E-state index in [-0.39, 0.29) is 44.3 Å². The highest BCUT2D eigenvalue weighted by molar-refractivity contribution is 5.92. The summed E-state index contributed by atoms with van der Waals surface area (Å²) in [5.74, 6) is -1.65. The fraction of sp³-hybridized carbons (Fsp3) is 0.450. The minimum atomic E-state index is -1.26. The molecule has 2 aromatic heterocycles. The molecule has 0 fully saturated rings. The van der Waals surface area contributed by atoms with Crippen LogP contribution in [0.25, 0.3) is 10.9 Å². The van der Waals surface area contributed by atoms with Crippen molar-refractivity contribution in [3.63, 3.8) is 0 Å². The van der Waals surface area contributed by atoms with Gasteiger partial charge in [0.2, 0.25) is 17.7 Å². The second kappa shape index (κ2) is 20.8. The Morgan fingerprint density at radius 3 is 2.24 bits per heavy atom. The lowest BCUT2D eigenvalue weighted by Crippen LogP contribution is -2.57. The van der Waals surface area contributed by atoms with E-state index in [1.165, 1.54) is 12.5 Å². The molecule has 0 saturated carbocycles. The van der Waals surface area contributed by atoms with Crippen LogP contribution in [0.15, 0.2) is 79.4 Å². The van der Waals surface area contributed by atoms with Crippen LogP contribution in [-0.2, 0) is 38.6 Å². The number of amides is 4. The van der Waals surface area contributed by atoms with Gasteiger partial charge in [-0.3, -0.25) is 19.4 Å². The van der Waals surface area contributed by atoms with Gasteiger partial charge in [-0.25, -0.2) is 9.78 Å². The van der Waals surface area contributed by atoms with E-state index in [1.54, 1.807) is 12.3 Å². The normalized spacial score (nSPS) is 14.6. The monoisotopic (exact) mass is 743 g/mol. The number of hydrogen-bond donors (Lipinski definition) is 7. The van der Waals surface area contributed by atoms with Gasteiger partial charge < -0.3 is 41.2 Å². The number of ether oxygens (including phenoxy) is 1. The van der Waals surface area contributed by atoms with Gasteiger partial charge in [0, 0.05) is 36.3 Å². The number of aromatic amines is 1. The Bertz CT molecular complexity index is 1780. The summed E-state index contributed by atoms with van der Waals surface area (Å²) in [6, 6.07) is 14.7. The van der Waals surface area contributed by atoms with Crippen molar-refractivity contribution in [1.82, 2.24) is 36.2 Å². The van der Waals surface area contributed by atoms with Crippen LogP contribution in [0, 0.1) is 11.8 Å². The van der Waals surface area contributed by atoms with E-state index in [2.05, 4.69) is 36.2 Å². The molecule has 4 aromatic rings. The van der Waals surface area contributed by atoms with Crippen molar-refractivity contribution >= 4 is 34.7 Å². The van der Waals surface area contributed by atoms with E-state index in [9.17, 15) is 29.4 Å². The number of para-hydroxylation sites is 1. The molecule has 7 N–H and O–H groups in total. The summed E-state index contributed by atoms with van der Waals surface area (Å²) >= 11 is 0. The Labute approximate surface area is 315 Å². The van der Waals surface area contributed by atoms with E-state index >= 15 is 0 Å². The number of alkyl carbamates (subject to hydrolysis) is 1. The Morgan fingerprint density at radius 1 is 0.852 bits per heavy atom. The zero-order valence-electron chi connectivity index (χ0n) is 31.3. The largest absolute Gasteiger partial charge is 0.445 e. The number of pyridine rings is 1. The van der Waals surface area contributed by atoms with Crippen molar-refractivity contribution in [2.24, 2.45) is 11.8 Å². The van der Waals surface area contributed by atoms with Crippen LogP contribution in [0.4, 0.5) is 4.79 Å². The number of hydrogen-bond acceptors (Lipinski definition) is 9. The standard InChI is InChI=1S/C40H53N7O7/c1-5-26(4)35(22-48)44-37(50)20-36(49)32(17-25(2)3)45-39(52)34(19-29-21-41-24-43-29)46-38(51)33(47-40(53)54-23-27-11-7-6-8-12-27)18-28-15-16-42-31-14-10-9-13-30(28)31/h6-16,21,24-26,32-36,48-49H,5,17-20,22-23H2,1-4H3,(H,41,43)(H,44,50)(H,45,52)(H,46,51)(H,47,53)/t26?,32?,33-,34-,35+,36?/m0/s1. The fourth-order valence-corrected chi connectivity index (χ4v) is 6.12. The molecule has 0 aliphatic heterocycles. The zero-order valence-corrected chi connectivity index (χ0v) is 31.3. The van der Waals surface area contributed by atoms with E-state index in [0.717, 1.165) is 22.9 Å². The minimum absolute atomic E-state index is 0.0129. The SMILES string of the molecule is CCC(C)[C@@H](CO)NC(=O)CC(O)C(CC(C)C)NC(=O)[C@H](Cc1cnc[nH]1)NC(=O)[C@H](Cc1ccnc2ccccc12)NC(=O)OCc1ccccc1. The zero-order chi connectivity index (χ0) is 39.0. The predicted molar refractivity (Wildman–Crippen MR) is 204 cm³/mol. The molecule has 0 radical (unpaired) electrons. The smallest absolute Gasteiger partial charge is 0.408 e. The number of carbonyl (C=O) groups excluding carboxylic acids is 4. The van der Waals surface area contributed by atoms with Crippen molar-refractivity contribution in [3.05, 3.63) is 96.2 Å². The number of aliphatic hydroxyl groups is 2. The first-order valence-electron chi connectivity index (χ1n) is 18.4. The lowest BCUT2D eigenvalue weighted by Gasteiger charge is -2.29. The minimum Gasteiger partial charge on any atom is -0.445 e. The number of nitrogens with zero attached hydrogens (tertiary/aromatic N) is 2. The highest BCUT2D eigenvalue weighted by Gasteiger charge is 2.32. The number of carbonyl (C=O) groups is 4. The Hall–Kier alpha value is -5.34. The van der Waals surface area contributed by atoms with Gasteiger partial charge in [-0.15, -0.1) is 0 Å². The number of H-pyrrole nitrogens is 1. The molecule has 2 aromatic carbocycles. The van der Waals surface area contributed by atoms with Crippen LogP contribution in [-0.4, -0.2) is 85.9 Å². The molecule has 54 heavy (non-hydrogen) atoms. The van der Waals surface area contributed by atoms with Crippen molar-refractivity contribution in [2.45, 2.75) is 96.7 Å². The van der Waals surface area contributed by atoms with Gasteiger partial charge in [0.15, 0.2) is 0 Å². The van der Waals surface area contributed by atoms with Gasteiger partial charge in [0.1, 0.15) is 18.7 Å². The maximum atomic E-state index is 14.2. The highest BCUT2D eigenvalue weighted by atomic mass is 16.5. The van der Waals surface area contributed by atoms with Crippen molar-refractivity contribution in [2.75, 3.05) is 6.61 Å². The molecule has 0 aliphatic carbocycles. The average Bonchev–Trinajstić information content (AvgIpc) is 3.68. The third kappa shape index (κ3) is 12.7. The molecular formula is C40H53N7O7. The Kier molecular flexibility index (Phi) is 15.9. The summed E-state index contributed by atoms with van der Waals surface area (Å²) in [7, 11) is 0. The van der Waals surface area contributed by atoms with Gasteiger partial charge >= 0.3 is 6.09 Å². The third-order valence-electron chi connectivity index (χ3n) is 9.38. The van der Waals surface area contributed by atoms with Gasteiger partial charge in [-0.05, 0) is 41.5 Å². The molecular weight excluding hydrogens is 690 g/mol. The van der Waals surface area contributed by atoms with Crippen LogP contribution < -0.4 is 21.3 Å². The summed E-state index contributed by atoms with van der Waals surface area (Å²) in [4.78, 5) is 65.7. The first-order valence-corrected chi connectivity index (χ1v) is 18.4. The number of fused-ring (bicyclic) bond motifs is 1. The summed E-state index contributed by atoms with van der Waals surface area (Å²) in [6.07, 6.45) is 3.39. The molecule has 0 saturated heterocycles. The van der Waals surface area contributed by atoms with Crippen molar-refractivity contribution < 1.29 is 34.1 Å². The average molecular weight is 744 g/mol. The lowest BCUT2D eigenvalue weighted by atomic mass is 9.95. The third-order valence-corrected chi connectivity index (χ3v) is 9.38. The maximum absolute atomic E-state index is 14.2. The number of aliphatic hydroxyl groups excluding tert-OH is 2. The summed E-state index contributed by atoms with van der Waals surface area (Å²) in [6.45, 7) is 7.47. The van der Waals surface area contributed by atoms with Gasteiger partial charge in [-0.1, -0.05) is 82.6 Å². The predicted octanol–water partition coefficient (Wildman–Crippen LogP) is 3.33. The highest BCUT2D eigenvalue weighted by Crippen LogP contribution is 2.19. The van der Waals surface area contributed by atoms with Crippen molar-refractivity contribution in [3.8, 4) is 0 Å². The second-order valence-corrected chi connectivity index (χ2v) is 14.1. The fourth-order valence-electron chi connectivity index (χ4n) is 6.12. The van der Waals surface area contributed by atoms with E-state index < -0.39 is 54.1 Å². The number of imidazole rings is 1. The topological polar surface area (TPSA) is 208 Å². The van der Waals surface area contributed by atoms with Crippen LogP contribution in [0.1, 0.15) is 63.8 Å². The lowest BCUT2D eigenvalue weighted by molar-refractivity contribution is -0.131. The number of aromatic nitrogens is 3. The summed E-state index contributed by atoms with van der Waals surface area (Å²) in [5.41, 5.74) is 2.79. The van der Waals surface area contributed by atoms with E-state index in [0.29, 0.717) is 17.6 Å². The van der Waals surface area contributed by atoms with Crippen LogP contribution >= 0.6 is 0 Å². The molecule has 3 unspecified atom stereocenters. The molecule has 6 atom stereocenters. The molecule has 0 aliphatic rings. The Morgan fingerprint density at radius 2 is 1.56 bits per heavy atom. The quantitative estimate of drug-likeness (QED) is 0.0708. The molecule has 0 spiro atoms. The molecule has 14 heteroatoms. The van der Waals surface area contributed by atoms with Crippen LogP contribution in [0.5, 0.6) is 0 Å². The molecule has 4 amide bonds. The second-order valence-electron chi connectivity index (χ2n) is 14.1. The van der Waals surface area contributed by atoms with Crippen LogP contribution in [0.2, 0.25) is 0 Å². The van der Waals surface area contributed by atoms with Gasteiger partial charge in [0.25, 0.3) is 0 Å². The maximum Gasteiger partial charge on any atom is 0.408 e. The molecule has 14 nitrogen and oxygen atoms in total. The molecule has 0 bridgehead atoms. The van der Waals surface area contributed by atoms with Gasteiger partial charge in [-0.2, -0.15) is 0 Å². The van der Waals surface area contributed by atoms with E-state index in [4.69, 9.17) is 4.74 Å². The van der Waals surface area contributed by atoms with E-state index in [1.807, 2.05) is 82.3 Å². The first-order chi connectivity index (χ1) is 26.0. The molecule has 4 rings (SSSR count). The van der Waals surface area contributed by atoms with Crippen LogP contribution in [0.3, 0.4) is 0 Å². The molecule has 2 heterocycles. The first kappa shape index (κ1) is 41.4. The summed E-state index contributed by atoms with van der Waals surface area (Å²) in [5, 5.41) is 33.0.